The summed E-state index contributed by atoms with van der Waals surface area (Å²) in [5.74, 6) is -0.815. The maximum absolute atomic E-state index is 10.8. The Morgan fingerprint density at radius 3 is 2.82 bits per heavy atom. The first-order chi connectivity index (χ1) is 7.83. The number of aromatic carboxylic acids is 1. The van der Waals surface area contributed by atoms with Crippen molar-refractivity contribution in [3.8, 4) is 5.88 Å². The molecule has 1 aliphatic heterocycles. The van der Waals surface area contributed by atoms with Crippen molar-refractivity contribution < 1.29 is 19.7 Å². The highest BCUT2D eigenvalue weighted by atomic mass is 16.5. The molecule has 6 nitrogen and oxygen atoms in total. The maximum atomic E-state index is 10.8. The SMILES string of the molecule is CC1(C)Oc2ncc(C(=O)O)cc2[C@@H](N)[C@@H]1O. The Kier molecular flexibility index (Phi) is 2.56. The molecule has 2 rings (SSSR count). The molecule has 0 spiro atoms. The van der Waals surface area contributed by atoms with Gasteiger partial charge in [0.05, 0.1) is 11.6 Å². The Morgan fingerprint density at radius 1 is 1.59 bits per heavy atom. The van der Waals surface area contributed by atoms with Crippen LogP contribution >= 0.6 is 0 Å². The van der Waals surface area contributed by atoms with Gasteiger partial charge >= 0.3 is 5.97 Å². The summed E-state index contributed by atoms with van der Waals surface area (Å²) in [4.78, 5) is 14.7. The summed E-state index contributed by atoms with van der Waals surface area (Å²) < 4.78 is 5.50. The minimum atomic E-state index is -1.09. The molecule has 17 heavy (non-hydrogen) atoms. The van der Waals surface area contributed by atoms with Crippen molar-refractivity contribution >= 4 is 5.97 Å². The van der Waals surface area contributed by atoms with Crippen molar-refractivity contribution in [2.45, 2.75) is 31.6 Å². The number of carbonyl (C=O) groups is 1. The molecule has 6 heteroatoms. The van der Waals surface area contributed by atoms with Gasteiger partial charge in [-0.25, -0.2) is 9.78 Å². The van der Waals surface area contributed by atoms with Crippen LogP contribution in [0.5, 0.6) is 5.88 Å². The largest absolute Gasteiger partial charge is 0.478 e. The molecule has 0 aliphatic carbocycles. The summed E-state index contributed by atoms with van der Waals surface area (Å²) in [6.07, 6.45) is 0.294. The van der Waals surface area contributed by atoms with Gasteiger partial charge in [-0.1, -0.05) is 0 Å². The van der Waals surface area contributed by atoms with Gasteiger partial charge in [0.15, 0.2) is 0 Å². The summed E-state index contributed by atoms with van der Waals surface area (Å²) in [6.45, 7) is 3.40. The lowest BCUT2D eigenvalue weighted by atomic mass is 9.88. The van der Waals surface area contributed by atoms with Gasteiger partial charge < -0.3 is 20.7 Å². The number of rotatable bonds is 1. The Bertz CT molecular complexity index is 473. The summed E-state index contributed by atoms with van der Waals surface area (Å²) in [7, 11) is 0. The van der Waals surface area contributed by atoms with E-state index in [1.54, 1.807) is 13.8 Å². The first-order valence-corrected chi connectivity index (χ1v) is 5.19. The fourth-order valence-electron chi connectivity index (χ4n) is 1.82. The predicted molar refractivity (Wildman–Crippen MR) is 58.8 cm³/mol. The van der Waals surface area contributed by atoms with E-state index in [1.165, 1.54) is 12.3 Å². The fourth-order valence-corrected chi connectivity index (χ4v) is 1.82. The molecule has 1 aromatic rings. The van der Waals surface area contributed by atoms with Crippen LogP contribution in [-0.2, 0) is 0 Å². The van der Waals surface area contributed by atoms with E-state index < -0.39 is 23.7 Å². The van der Waals surface area contributed by atoms with Gasteiger partial charge in [0.2, 0.25) is 5.88 Å². The smallest absolute Gasteiger partial charge is 0.337 e. The van der Waals surface area contributed by atoms with Crippen LogP contribution in [0.2, 0.25) is 0 Å². The summed E-state index contributed by atoms with van der Waals surface area (Å²) in [6, 6.07) is 0.675. The highest BCUT2D eigenvalue weighted by Crippen LogP contribution is 2.37. The van der Waals surface area contributed by atoms with E-state index in [1.807, 2.05) is 0 Å². The molecule has 4 N–H and O–H groups in total. The normalized spacial score (nSPS) is 25.9. The van der Waals surface area contributed by atoms with Crippen molar-refractivity contribution in [3.63, 3.8) is 0 Å². The van der Waals surface area contributed by atoms with Crippen molar-refractivity contribution in [1.29, 1.82) is 0 Å². The van der Waals surface area contributed by atoms with Gasteiger partial charge in [-0.3, -0.25) is 0 Å². The van der Waals surface area contributed by atoms with Gasteiger partial charge in [-0.15, -0.1) is 0 Å². The van der Waals surface area contributed by atoms with Crippen molar-refractivity contribution in [2.75, 3.05) is 0 Å². The molecular formula is C11H14N2O4. The molecule has 2 atom stereocenters. The van der Waals surface area contributed by atoms with E-state index in [0.29, 0.717) is 5.56 Å². The number of carboxylic acids is 1. The Labute approximate surface area is 98.0 Å². The van der Waals surface area contributed by atoms with E-state index >= 15 is 0 Å². The molecule has 0 saturated carbocycles. The summed E-state index contributed by atoms with van der Waals surface area (Å²) in [5, 5.41) is 18.8. The lowest BCUT2D eigenvalue weighted by Crippen LogP contribution is -2.51. The second kappa shape index (κ2) is 3.68. The van der Waals surface area contributed by atoms with Crippen LogP contribution in [0.4, 0.5) is 0 Å². The first kappa shape index (κ1) is 11.8. The van der Waals surface area contributed by atoms with Crippen LogP contribution in [0.3, 0.4) is 0 Å². The number of nitrogens with zero attached hydrogens (tertiary/aromatic N) is 1. The van der Waals surface area contributed by atoms with Crippen LogP contribution in [0.25, 0.3) is 0 Å². The minimum Gasteiger partial charge on any atom is -0.478 e. The van der Waals surface area contributed by atoms with Crippen molar-refractivity contribution in [2.24, 2.45) is 5.73 Å². The average molecular weight is 238 g/mol. The second-order valence-electron chi connectivity index (χ2n) is 4.60. The summed E-state index contributed by atoms with van der Waals surface area (Å²) >= 11 is 0. The highest BCUT2D eigenvalue weighted by molar-refractivity contribution is 5.87. The topological polar surface area (TPSA) is 106 Å². The first-order valence-electron chi connectivity index (χ1n) is 5.19. The van der Waals surface area contributed by atoms with Gasteiger partial charge in [0, 0.05) is 11.8 Å². The third-order valence-electron chi connectivity index (χ3n) is 2.90. The number of ether oxygens (including phenoxy) is 1. The molecule has 1 aliphatic rings. The third kappa shape index (κ3) is 1.85. The number of hydrogen-bond acceptors (Lipinski definition) is 5. The molecule has 0 amide bonds. The molecule has 1 aromatic heterocycles. The van der Waals surface area contributed by atoms with Crippen LogP contribution in [-0.4, -0.2) is 32.9 Å². The molecule has 92 valence electrons. The van der Waals surface area contributed by atoms with E-state index in [4.69, 9.17) is 15.6 Å². The fraction of sp³-hybridized carbons (Fsp3) is 0.455. The second-order valence-corrected chi connectivity index (χ2v) is 4.60. The lowest BCUT2D eigenvalue weighted by molar-refractivity contribution is -0.0601. The number of fused-ring (bicyclic) bond motifs is 1. The van der Waals surface area contributed by atoms with Gasteiger partial charge in [0.25, 0.3) is 0 Å². The van der Waals surface area contributed by atoms with E-state index in [-0.39, 0.29) is 11.4 Å². The Hall–Kier alpha value is -1.66. The molecule has 2 heterocycles. The third-order valence-corrected chi connectivity index (χ3v) is 2.90. The van der Waals surface area contributed by atoms with Gasteiger partial charge in [-0.2, -0.15) is 0 Å². The Balaban J connectivity index is 2.50. The van der Waals surface area contributed by atoms with Crippen molar-refractivity contribution in [1.82, 2.24) is 4.98 Å². The van der Waals surface area contributed by atoms with E-state index in [9.17, 15) is 9.90 Å². The monoisotopic (exact) mass is 238 g/mol. The van der Waals surface area contributed by atoms with Gasteiger partial charge in [-0.05, 0) is 19.9 Å². The number of hydrogen-bond donors (Lipinski definition) is 3. The molecule has 0 unspecified atom stereocenters. The van der Waals surface area contributed by atoms with Crippen LogP contribution in [0.15, 0.2) is 12.3 Å². The minimum absolute atomic E-state index is 0.0229. The number of aliphatic hydroxyl groups excluding tert-OH is 1. The molecule has 0 fully saturated rings. The van der Waals surface area contributed by atoms with Crippen molar-refractivity contribution in [3.05, 3.63) is 23.4 Å². The standard InChI is InChI=1S/C11H14N2O4/c1-11(2)8(14)7(12)6-3-5(10(15)16)4-13-9(6)17-11/h3-4,7-8,14H,12H2,1-2H3,(H,15,16)/t7-,8+/m1/s1. The molecule has 0 radical (unpaired) electrons. The molecule has 0 aromatic carbocycles. The van der Waals surface area contributed by atoms with E-state index in [0.717, 1.165) is 0 Å². The highest BCUT2D eigenvalue weighted by Gasteiger charge is 2.42. The van der Waals surface area contributed by atoms with E-state index in [2.05, 4.69) is 4.98 Å². The zero-order valence-corrected chi connectivity index (χ0v) is 9.54. The zero-order chi connectivity index (χ0) is 12.8. The average Bonchev–Trinajstić information content (AvgIpc) is 2.25. The van der Waals surface area contributed by atoms with Crippen LogP contribution in [0.1, 0.15) is 35.8 Å². The van der Waals surface area contributed by atoms with Crippen LogP contribution < -0.4 is 10.5 Å². The van der Waals surface area contributed by atoms with Gasteiger partial charge in [0.1, 0.15) is 11.7 Å². The van der Waals surface area contributed by atoms with Crippen LogP contribution in [0, 0.1) is 0 Å². The Morgan fingerprint density at radius 2 is 2.24 bits per heavy atom. The number of aliphatic hydroxyl groups is 1. The number of nitrogens with two attached hydrogens (primary N) is 1. The number of carboxylic acid groups (broad SMARTS) is 1. The molecule has 0 bridgehead atoms. The zero-order valence-electron chi connectivity index (χ0n) is 9.54. The summed E-state index contributed by atoms with van der Waals surface area (Å²) in [5.41, 5.74) is 5.47. The molecule has 0 saturated heterocycles. The number of pyridine rings is 1. The quantitative estimate of drug-likeness (QED) is 0.650. The number of aromatic nitrogens is 1. The molecular weight excluding hydrogens is 224 g/mol. The predicted octanol–water partition coefficient (Wildman–Crippen LogP) is 0.312. The maximum Gasteiger partial charge on any atom is 0.337 e. The lowest BCUT2D eigenvalue weighted by Gasteiger charge is -2.39.